The van der Waals surface area contributed by atoms with Crippen molar-refractivity contribution in [2.24, 2.45) is 11.8 Å². The van der Waals surface area contributed by atoms with E-state index in [0.717, 1.165) is 12.8 Å². The summed E-state index contributed by atoms with van der Waals surface area (Å²) in [5, 5.41) is 2.89. The van der Waals surface area contributed by atoms with E-state index >= 15 is 0 Å². The summed E-state index contributed by atoms with van der Waals surface area (Å²) in [7, 11) is 1.73. The summed E-state index contributed by atoms with van der Waals surface area (Å²) >= 11 is 0. The van der Waals surface area contributed by atoms with Gasteiger partial charge in [-0.3, -0.25) is 19.2 Å². The van der Waals surface area contributed by atoms with Gasteiger partial charge in [-0.25, -0.2) is 0 Å². The lowest BCUT2D eigenvalue weighted by molar-refractivity contribution is -0.140. The number of rotatable bonds is 14. The van der Waals surface area contributed by atoms with Crippen LogP contribution < -0.4 is 5.32 Å². The molecule has 1 N–H and O–H groups in total. The third kappa shape index (κ3) is 8.74. The van der Waals surface area contributed by atoms with Gasteiger partial charge in [0, 0.05) is 42.6 Å². The van der Waals surface area contributed by atoms with E-state index in [1.165, 1.54) is 0 Å². The molecule has 6 heteroatoms. The number of carbonyl (C=O) groups excluding carboxylic acids is 4. The third-order valence-corrected chi connectivity index (χ3v) is 6.25. The van der Waals surface area contributed by atoms with Gasteiger partial charge in [0.1, 0.15) is 0 Å². The molecular formula is C30H40N2O4. The van der Waals surface area contributed by atoms with Crippen LogP contribution in [0.2, 0.25) is 0 Å². The van der Waals surface area contributed by atoms with Crippen molar-refractivity contribution in [3.63, 3.8) is 0 Å². The van der Waals surface area contributed by atoms with Crippen LogP contribution in [-0.2, 0) is 9.59 Å². The maximum Gasteiger partial charge on any atom is 0.251 e. The predicted molar refractivity (Wildman–Crippen MR) is 143 cm³/mol. The van der Waals surface area contributed by atoms with E-state index in [2.05, 4.69) is 19.2 Å². The van der Waals surface area contributed by atoms with Crippen LogP contribution in [0.5, 0.6) is 0 Å². The summed E-state index contributed by atoms with van der Waals surface area (Å²) in [5.74, 6) is 0.0638. The second-order valence-electron chi connectivity index (χ2n) is 10.0. The maximum atomic E-state index is 12.7. The van der Waals surface area contributed by atoms with Crippen LogP contribution in [0, 0.1) is 11.8 Å². The minimum Gasteiger partial charge on any atom is -0.352 e. The fourth-order valence-electron chi connectivity index (χ4n) is 4.06. The van der Waals surface area contributed by atoms with Crippen LogP contribution in [0.15, 0.2) is 54.6 Å². The summed E-state index contributed by atoms with van der Waals surface area (Å²) in [5.41, 5.74) is 1.65. The molecule has 0 saturated carbocycles. The van der Waals surface area contributed by atoms with Gasteiger partial charge in [-0.1, -0.05) is 76.6 Å². The molecule has 0 aromatic heterocycles. The molecule has 0 fully saturated rings. The largest absolute Gasteiger partial charge is 0.352 e. The van der Waals surface area contributed by atoms with Crippen LogP contribution in [0.4, 0.5) is 0 Å². The van der Waals surface area contributed by atoms with Gasteiger partial charge in [0.2, 0.25) is 5.91 Å². The molecule has 194 valence electrons. The predicted octanol–water partition coefficient (Wildman–Crippen LogP) is 5.31. The minimum absolute atomic E-state index is 0.0103. The van der Waals surface area contributed by atoms with Crippen LogP contribution in [0.1, 0.15) is 86.1 Å². The molecule has 0 aliphatic rings. The van der Waals surface area contributed by atoms with E-state index in [9.17, 15) is 19.2 Å². The summed E-state index contributed by atoms with van der Waals surface area (Å²) in [4.78, 5) is 51.8. The summed E-state index contributed by atoms with van der Waals surface area (Å²) < 4.78 is 0. The van der Waals surface area contributed by atoms with Crippen LogP contribution >= 0.6 is 0 Å². The molecule has 2 aromatic rings. The van der Waals surface area contributed by atoms with Crippen molar-refractivity contribution in [2.45, 2.75) is 65.8 Å². The molecule has 0 heterocycles. The molecule has 2 amide bonds. The SMILES string of the molecule is CC(C)CC(C(=O)C(C)C)N(C)C(=O)CCCCCNC(=O)c1ccc(C(=O)c2ccccc2)cc1. The van der Waals surface area contributed by atoms with Gasteiger partial charge in [-0.05, 0) is 37.3 Å². The first-order valence-electron chi connectivity index (χ1n) is 12.9. The zero-order valence-corrected chi connectivity index (χ0v) is 22.3. The van der Waals surface area contributed by atoms with Crippen LogP contribution in [0.25, 0.3) is 0 Å². The van der Waals surface area contributed by atoms with E-state index in [0.29, 0.717) is 48.4 Å². The van der Waals surface area contributed by atoms with Crippen LogP contribution in [-0.4, -0.2) is 47.9 Å². The number of hydrogen-bond acceptors (Lipinski definition) is 4. The molecule has 36 heavy (non-hydrogen) atoms. The second-order valence-corrected chi connectivity index (χ2v) is 10.0. The van der Waals surface area contributed by atoms with Gasteiger partial charge >= 0.3 is 0 Å². The summed E-state index contributed by atoms with van der Waals surface area (Å²) in [6.45, 7) is 8.38. The Bertz CT molecular complexity index is 1010. The van der Waals surface area contributed by atoms with Crippen molar-refractivity contribution in [3.8, 4) is 0 Å². The van der Waals surface area contributed by atoms with E-state index in [4.69, 9.17) is 0 Å². The standard InChI is InChI=1S/C30H40N2O4/c1-21(2)20-26(28(34)22(3)4)32(5)27(33)14-10-7-11-19-31-30(36)25-17-15-24(16-18-25)29(35)23-12-8-6-9-13-23/h6,8-9,12-13,15-18,21-22,26H,7,10-11,14,19-20H2,1-5H3,(H,31,36). The molecule has 2 rings (SSSR count). The summed E-state index contributed by atoms with van der Waals surface area (Å²) in [6, 6.07) is 15.3. The molecule has 2 aromatic carbocycles. The number of hydrogen-bond donors (Lipinski definition) is 1. The first-order chi connectivity index (χ1) is 17.1. The summed E-state index contributed by atoms with van der Waals surface area (Å²) in [6.07, 6.45) is 3.33. The van der Waals surface area contributed by atoms with Crippen molar-refractivity contribution < 1.29 is 19.2 Å². The Labute approximate surface area is 215 Å². The highest BCUT2D eigenvalue weighted by atomic mass is 16.2. The fraction of sp³-hybridized carbons (Fsp3) is 0.467. The van der Waals surface area contributed by atoms with Gasteiger partial charge in [0.25, 0.3) is 5.91 Å². The topological polar surface area (TPSA) is 83.6 Å². The highest BCUT2D eigenvalue weighted by Crippen LogP contribution is 2.17. The number of benzene rings is 2. The Morgan fingerprint density at radius 2 is 1.36 bits per heavy atom. The smallest absolute Gasteiger partial charge is 0.251 e. The van der Waals surface area contributed by atoms with E-state index < -0.39 is 0 Å². The fourth-order valence-corrected chi connectivity index (χ4v) is 4.06. The second kappa shape index (κ2) is 14.3. The number of carbonyl (C=O) groups is 4. The molecule has 0 spiro atoms. The van der Waals surface area contributed by atoms with Gasteiger partial charge in [0.15, 0.2) is 11.6 Å². The van der Waals surface area contributed by atoms with Crippen molar-refractivity contribution in [2.75, 3.05) is 13.6 Å². The van der Waals surface area contributed by atoms with Crippen molar-refractivity contribution in [1.29, 1.82) is 0 Å². The number of unbranched alkanes of at least 4 members (excludes halogenated alkanes) is 2. The average molecular weight is 493 g/mol. The quantitative estimate of drug-likeness (QED) is 0.286. The van der Waals surface area contributed by atoms with Crippen molar-refractivity contribution in [1.82, 2.24) is 10.2 Å². The van der Waals surface area contributed by atoms with E-state index in [-0.39, 0.29) is 35.3 Å². The lowest BCUT2D eigenvalue weighted by Crippen LogP contribution is -2.44. The molecule has 0 aliphatic heterocycles. The number of likely N-dealkylation sites (N-methyl/N-ethyl adjacent to an activating group) is 1. The van der Waals surface area contributed by atoms with E-state index in [1.807, 2.05) is 32.0 Å². The molecule has 0 radical (unpaired) electrons. The monoisotopic (exact) mass is 492 g/mol. The third-order valence-electron chi connectivity index (χ3n) is 6.25. The number of Topliss-reactive ketones (excluding diaryl/α,β-unsaturated/α-hetero) is 1. The first-order valence-corrected chi connectivity index (χ1v) is 12.9. The zero-order valence-electron chi connectivity index (χ0n) is 22.3. The highest BCUT2D eigenvalue weighted by molar-refractivity contribution is 6.09. The molecule has 1 unspecified atom stereocenters. The number of nitrogens with zero attached hydrogens (tertiary/aromatic N) is 1. The Kier molecular flexibility index (Phi) is 11.5. The number of amides is 2. The first kappa shape index (κ1) is 29.0. The average Bonchev–Trinajstić information content (AvgIpc) is 2.88. The molecule has 0 saturated heterocycles. The van der Waals surface area contributed by atoms with Crippen molar-refractivity contribution >= 4 is 23.4 Å². The maximum absolute atomic E-state index is 12.7. The molecule has 6 nitrogen and oxygen atoms in total. The number of nitrogens with one attached hydrogen (secondary N) is 1. The minimum atomic E-state index is -0.369. The molecule has 1 atom stereocenters. The highest BCUT2D eigenvalue weighted by Gasteiger charge is 2.28. The molecule has 0 aliphatic carbocycles. The van der Waals surface area contributed by atoms with Gasteiger partial charge < -0.3 is 10.2 Å². The number of ketones is 2. The Morgan fingerprint density at radius 1 is 0.778 bits per heavy atom. The van der Waals surface area contributed by atoms with Gasteiger partial charge in [-0.15, -0.1) is 0 Å². The van der Waals surface area contributed by atoms with Gasteiger partial charge in [0.05, 0.1) is 6.04 Å². The lowest BCUT2D eigenvalue weighted by Gasteiger charge is -2.30. The Balaban J connectivity index is 1.73. The van der Waals surface area contributed by atoms with E-state index in [1.54, 1.807) is 48.3 Å². The Morgan fingerprint density at radius 3 is 1.94 bits per heavy atom. The van der Waals surface area contributed by atoms with Crippen LogP contribution in [0.3, 0.4) is 0 Å². The van der Waals surface area contributed by atoms with Crippen molar-refractivity contribution in [3.05, 3.63) is 71.3 Å². The normalized spacial score (nSPS) is 11.9. The lowest BCUT2D eigenvalue weighted by atomic mass is 9.93. The zero-order chi connectivity index (χ0) is 26.7. The molecular weight excluding hydrogens is 452 g/mol. The van der Waals surface area contributed by atoms with Gasteiger partial charge in [-0.2, -0.15) is 0 Å². The molecule has 0 bridgehead atoms. The Hall–Kier alpha value is -3.28.